The number of hydrogen-bond acceptors (Lipinski definition) is 7. The summed E-state index contributed by atoms with van der Waals surface area (Å²) in [6, 6.07) is -1.06. The molecule has 0 aliphatic carbocycles. The molecule has 0 unspecified atom stereocenters. The van der Waals surface area contributed by atoms with Crippen molar-refractivity contribution in [1.82, 2.24) is 0 Å². The normalized spacial score (nSPS) is 11.0. The van der Waals surface area contributed by atoms with Gasteiger partial charge < -0.3 is 26.2 Å². The van der Waals surface area contributed by atoms with Gasteiger partial charge in [0.05, 0.1) is 12.4 Å². The zero-order valence-electron chi connectivity index (χ0n) is 11.2. The van der Waals surface area contributed by atoms with E-state index in [0.29, 0.717) is 0 Å². The predicted octanol–water partition coefficient (Wildman–Crippen LogP) is -1.78. The van der Waals surface area contributed by atoms with Crippen LogP contribution in [0.5, 0.6) is 0 Å². The van der Waals surface area contributed by atoms with Crippen molar-refractivity contribution in [2.45, 2.75) is 25.8 Å². The Labute approximate surface area is 120 Å². The summed E-state index contributed by atoms with van der Waals surface area (Å²) in [7, 11) is -3.92. The fraction of sp³-hybridized carbons (Fsp3) is 0.667. The topological polar surface area (TPSA) is 213 Å². The van der Waals surface area contributed by atoms with E-state index in [0.717, 1.165) is 6.92 Å². The fourth-order valence-electron chi connectivity index (χ4n) is 0.518. The maximum Gasteiger partial charge on any atom is 0.320 e. The predicted molar refractivity (Wildman–Crippen MR) is 69.3 cm³/mol. The number of carbonyl (C=O) groups is 3. The molecule has 0 radical (unpaired) electrons. The third kappa shape index (κ3) is 38.1. The zero-order valence-corrected chi connectivity index (χ0v) is 12.0. The van der Waals surface area contributed by atoms with Gasteiger partial charge in [-0.05, 0) is 6.42 Å². The van der Waals surface area contributed by atoms with Crippen LogP contribution in [-0.2, 0) is 24.5 Å². The second-order valence-corrected chi connectivity index (χ2v) is 4.98. The molecular formula is C9H19NO10S. The molecule has 0 aliphatic rings. The number of aliphatic hydroxyl groups excluding tert-OH is 1. The van der Waals surface area contributed by atoms with E-state index in [1.807, 2.05) is 0 Å². The third-order valence-electron chi connectivity index (χ3n) is 1.34. The fourth-order valence-corrected chi connectivity index (χ4v) is 0.749. The first-order chi connectivity index (χ1) is 9.33. The maximum absolute atomic E-state index is 9.99. The summed E-state index contributed by atoms with van der Waals surface area (Å²) in [5, 5.41) is 31.6. The molecule has 1 atom stereocenters. The molecule has 0 spiro atoms. The molecule has 126 valence electrons. The molecule has 0 amide bonds. The highest BCUT2D eigenvalue weighted by molar-refractivity contribution is 7.85. The van der Waals surface area contributed by atoms with Crippen LogP contribution in [0.15, 0.2) is 0 Å². The highest BCUT2D eigenvalue weighted by atomic mass is 32.2. The van der Waals surface area contributed by atoms with Gasteiger partial charge in [-0.25, -0.2) is 0 Å². The highest BCUT2D eigenvalue weighted by Gasteiger charge is 2.12. The van der Waals surface area contributed by atoms with E-state index >= 15 is 0 Å². The van der Waals surface area contributed by atoms with Crippen LogP contribution in [0.1, 0.15) is 19.8 Å². The largest absolute Gasteiger partial charge is 0.481 e. The van der Waals surface area contributed by atoms with E-state index in [4.69, 9.17) is 35.5 Å². The van der Waals surface area contributed by atoms with Gasteiger partial charge in [-0.1, -0.05) is 0 Å². The van der Waals surface area contributed by atoms with Gasteiger partial charge in [0, 0.05) is 13.3 Å². The second kappa shape index (κ2) is 13.2. The summed E-state index contributed by atoms with van der Waals surface area (Å²) in [5.74, 6) is -3.61. The lowest BCUT2D eigenvalue weighted by Crippen LogP contribution is -2.30. The number of carboxylic acids is 3. The third-order valence-corrected chi connectivity index (χ3v) is 2.03. The molecule has 0 saturated heterocycles. The van der Waals surface area contributed by atoms with E-state index in [1.165, 1.54) is 0 Å². The van der Waals surface area contributed by atoms with Crippen LogP contribution >= 0.6 is 0 Å². The van der Waals surface area contributed by atoms with E-state index in [9.17, 15) is 18.0 Å². The van der Waals surface area contributed by atoms with Crippen LogP contribution in [0.4, 0.5) is 0 Å². The molecule has 0 saturated carbocycles. The first kappa shape index (κ1) is 24.3. The van der Waals surface area contributed by atoms with Crippen molar-refractivity contribution in [3.63, 3.8) is 0 Å². The van der Waals surface area contributed by atoms with Crippen LogP contribution < -0.4 is 5.73 Å². The number of nitrogens with two attached hydrogens (primary N) is 1. The zero-order chi connectivity index (χ0) is 17.6. The Bertz CT molecular complexity index is 414. The van der Waals surface area contributed by atoms with E-state index in [2.05, 4.69) is 0 Å². The molecule has 0 aromatic rings. The van der Waals surface area contributed by atoms with Gasteiger partial charge in [-0.15, -0.1) is 0 Å². The summed E-state index contributed by atoms with van der Waals surface area (Å²) in [4.78, 5) is 28.9. The lowest BCUT2D eigenvalue weighted by atomic mass is 10.2. The molecule has 7 N–H and O–H groups in total. The van der Waals surface area contributed by atoms with Crippen molar-refractivity contribution in [2.24, 2.45) is 5.73 Å². The van der Waals surface area contributed by atoms with Gasteiger partial charge in [-0.3, -0.25) is 18.9 Å². The summed E-state index contributed by atoms with van der Waals surface area (Å²) in [6.07, 6.45) is -0.224. The van der Waals surface area contributed by atoms with E-state index in [-0.39, 0.29) is 12.8 Å². The Kier molecular flexibility index (Phi) is 15.3. The highest BCUT2D eigenvalue weighted by Crippen LogP contribution is 1.93. The summed E-state index contributed by atoms with van der Waals surface area (Å²) < 4.78 is 27.1. The van der Waals surface area contributed by atoms with Gasteiger partial charge in [-0.2, -0.15) is 8.42 Å². The van der Waals surface area contributed by atoms with Gasteiger partial charge in [0.2, 0.25) is 0 Å². The quantitative estimate of drug-likeness (QED) is 0.299. The summed E-state index contributed by atoms with van der Waals surface area (Å²) in [6.45, 7) is 0.554. The monoisotopic (exact) mass is 333 g/mol. The van der Waals surface area contributed by atoms with Crippen LogP contribution in [0.3, 0.4) is 0 Å². The molecule has 0 bridgehead atoms. The van der Waals surface area contributed by atoms with Crippen molar-refractivity contribution in [3.8, 4) is 0 Å². The SMILES string of the molecule is CC(=O)O.N[C@@H](CCC(=O)O)C(=O)O.O=S(=O)(O)CCO. The van der Waals surface area contributed by atoms with Crippen LogP contribution in [0.25, 0.3) is 0 Å². The van der Waals surface area contributed by atoms with Crippen molar-refractivity contribution in [3.05, 3.63) is 0 Å². The van der Waals surface area contributed by atoms with Gasteiger partial charge in [0.15, 0.2) is 0 Å². The molecule has 12 heteroatoms. The van der Waals surface area contributed by atoms with Crippen molar-refractivity contribution >= 4 is 28.0 Å². The lowest BCUT2D eigenvalue weighted by Gasteiger charge is -2.01. The van der Waals surface area contributed by atoms with Crippen LogP contribution in [0.2, 0.25) is 0 Å². The van der Waals surface area contributed by atoms with Crippen LogP contribution in [0, 0.1) is 0 Å². The minimum Gasteiger partial charge on any atom is -0.481 e. The molecule has 0 aliphatic heterocycles. The number of hydrogen-bond donors (Lipinski definition) is 6. The first-order valence-electron chi connectivity index (χ1n) is 5.29. The average Bonchev–Trinajstić information content (AvgIpc) is 2.23. The Morgan fingerprint density at radius 1 is 1.14 bits per heavy atom. The minimum absolute atomic E-state index is 0.0231. The minimum atomic E-state index is -3.92. The van der Waals surface area contributed by atoms with Crippen molar-refractivity contribution in [2.75, 3.05) is 12.4 Å². The van der Waals surface area contributed by atoms with E-state index in [1.54, 1.807) is 0 Å². The molecule has 0 aromatic carbocycles. The molecule has 0 aromatic heterocycles. The average molecular weight is 333 g/mol. The Morgan fingerprint density at radius 2 is 1.52 bits per heavy atom. The summed E-state index contributed by atoms with van der Waals surface area (Å²) in [5.41, 5.74) is 5.00. The molecule has 0 rings (SSSR count). The molecule has 0 heterocycles. The van der Waals surface area contributed by atoms with Gasteiger partial charge in [0.1, 0.15) is 6.04 Å². The van der Waals surface area contributed by atoms with Gasteiger partial charge in [0.25, 0.3) is 16.1 Å². The molecule has 21 heavy (non-hydrogen) atoms. The van der Waals surface area contributed by atoms with E-state index < -0.39 is 46.4 Å². The Balaban J connectivity index is -0.000000256. The second-order valence-electron chi connectivity index (χ2n) is 3.41. The molecule has 0 fully saturated rings. The van der Waals surface area contributed by atoms with Crippen molar-refractivity contribution < 1.29 is 47.8 Å². The number of aliphatic carboxylic acids is 3. The van der Waals surface area contributed by atoms with Crippen molar-refractivity contribution in [1.29, 1.82) is 0 Å². The number of rotatable bonds is 6. The molecule has 11 nitrogen and oxygen atoms in total. The van der Waals surface area contributed by atoms with Crippen LogP contribution in [-0.4, -0.2) is 69.7 Å². The molecular weight excluding hydrogens is 314 g/mol. The maximum atomic E-state index is 9.99. The Hall–Kier alpha value is -1.76. The Morgan fingerprint density at radius 3 is 1.67 bits per heavy atom. The first-order valence-corrected chi connectivity index (χ1v) is 6.90. The van der Waals surface area contributed by atoms with Gasteiger partial charge >= 0.3 is 11.9 Å². The lowest BCUT2D eigenvalue weighted by molar-refractivity contribution is -0.140. The number of carboxylic acid groups (broad SMARTS) is 3. The smallest absolute Gasteiger partial charge is 0.320 e. The summed E-state index contributed by atoms with van der Waals surface area (Å²) >= 11 is 0. The standard InChI is InChI=1S/C5H9NO4.C2H6O4S.C2H4O2/c6-3(5(9)10)1-2-4(7)8;3-1-2-7(4,5)6;1-2(3)4/h3H,1-2,6H2,(H,7,8)(H,9,10);3H,1-2H2,(H,4,5,6);1H3,(H,3,4)/t3-;;/m0../s1. The number of aliphatic hydroxyl groups is 1.